The van der Waals surface area contributed by atoms with Crippen LogP contribution in [0.3, 0.4) is 0 Å². The van der Waals surface area contributed by atoms with Gasteiger partial charge in [0.15, 0.2) is 5.96 Å². The molecule has 1 heterocycles. The third kappa shape index (κ3) is 7.31. The van der Waals surface area contributed by atoms with Crippen molar-refractivity contribution >= 4 is 29.9 Å². The number of methoxy groups -OCH3 is 1. The second-order valence-electron chi connectivity index (χ2n) is 6.85. The van der Waals surface area contributed by atoms with E-state index in [1.807, 2.05) is 13.1 Å². The van der Waals surface area contributed by atoms with Gasteiger partial charge in [0.1, 0.15) is 5.75 Å². The average Bonchev–Trinajstić information content (AvgIpc) is 2.64. The van der Waals surface area contributed by atoms with Crippen molar-refractivity contribution in [3.8, 4) is 5.75 Å². The molecule has 1 atom stereocenters. The Hall–Kier alpha value is -1.02. The highest BCUT2D eigenvalue weighted by Gasteiger charge is 2.18. The minimum absolute atomic E-state index is 0. The predicted octanol–water partition coefficient (Wildman–Crippen LogP) is 3.06. The number of ether oxygens (including phenoxy) is 1. The monoisotopic (exact) mass is 474 g/mol. The molecule has 0 aromatic heterocycles. The molecule has 0 radical (unpaired) electrons. The van der Waals surface area contributed by atoms with Gasteiger partial charge in [-0.3, -0.25) is 4.99 Å². The Morgan fingerprint density at radius 3 is 2.85 bits per heavy atom. The summed E-state index contributed by atoms with van der Waals surface area (Å²) in [6.07, 6.45) is 3.53. The maximum Gasteiger partial charge on any atom is 0.190 e. The lowest BCUT2D eigenvalue weighted by Crippen LogP contribution is -2.44. The van der Waals surface area contributed by atoms with E-state index in [9.17, 15) is 0 Å². The van der Waals surface area contributed by atoms with Gasteiger partial charge in [-0.15, -0.1) is 24.0 Å². The second kappa shape index (κ2) is 12.4. The number of hydrogen-bond acceptors (Lipinski definition) is 3. The first-order valence-electron chi connectivity index (χ1n) is 9.46. The van der Waals surface area contributed by atoms with Gasteiger partial charge in [-0.25, -0.2) is 0 Å². The number of halogens is 1. The van der Waals surface area contributed by atoms with Gasteiger partial charge < -0.3 is 20.3 Å². The van der Waals surface area contributed by atoms with Crippen molar-refractivity contribution < 1.29 is 4.74 Å². The molecule has 1 unspecified atom stereocenters. The second-order valence-corrected chi connectivity index (χ2v) is 6.85. The molecule has 1 saturated heterocycles. The van der Waals surface area contributed by atoms with Crippen LogP contribution in [0, 0.1) is 12.8 Å². The molecule has 1 aliphatic heterocycles. The topological polar surface area (TPSA) is 48.9 Å². The Bertz CT molecular complexity index is 565. The Morgan fingerprint density at radius 1 is 1.35 bits per heavy atom. The number of aryl methyl sites for hydroxylation is 1. The lowest BCUT2D eigenvalue weighted by Gasteiger charge is -2.32. The largest absolute Gasteiger partial charge is 0.496 e. The number of aliphatic imine (C=N–C) groups is 1. The summed E-state index contributed by atoms with van der Waals surface area (Å²) in [5.41, 5.74) is 2.49. The van der Waals surface area contributed by atoms with Gasteiger partial charge >= 0.3 is 0 Å². The molecule has 0 bridgehead atoms. The quantitative estimate of drug-likeness (QED) is 0.363. The van der Waals surface area contributed by atoms with Crippen molar-refractivity contribution in [1.82, 2.24) is 15.5 Å². The lowest BCUT2D eigenvalue weighted by atomic mass is 9.98. The molecule has 26 heavy (non-hydrogen) atoms. The van der Waals surface area contributed by atoms with Gasteiger partial charge in [0.05, 0.1) is 7.11 Å². The van der Waals surface area contributed by atoms with E-state index >= 15 is 0 Å². The first kappa shape index (κ1) is 23.0. The van der Waals surface area contributed by atoms with Crippen molar-refractivity contribution in [3.63, 3.8) is 0 Å². The van der Waals surface area contributed by atoms with Crippen LogP contribution in [0.1, 0.15) is 30.9 Å². The standard InChI is InChI=1S/C20H34N4O.HI/c1-5-24-12-6-7-17(15-24)14-23-20(21-3)22-11-10-18-13-16(2)8-9-19(18)25-4;/h8-9,13,17H,5-7,10-12,14-15H2,1-4H3,(H2,21,22,23);1H. The molecule has 0 spiro atoms. The van der Waals surface area contributed by atoms with E-state index in [4.69, 9.17) is 4.74 Å². The fourth-order valence-corrected chi connectivity index (χ4v) is 3.49. The molecule has 6 heteroatoms. The van der Waals surface area contributed by atoms with Crippen molar-refractivity contribution in [2.45, 2.75) is 33.1 Å². The minimum Gasteiger partial charge on any atom is -0.496 e. The summed E-state index contributed by atoms with van der Waals surface area (Å²) >= 11 is 0. The van der Waals surface area contributed by atoms with Crippen LogP contribution >= 0.6 is 24.0 Å². The summed E-state index contributed by atoms with van der Waals surface area (Å²) in [4.78, 5) is 6.89. The third-order valence-electron chi connectivity index (χ3n) is 4.95. The Balaban J connectivity index is 0.00000338. The highest BCUT2D eigenvalue weighted by Crippen LogP contribution is 2.19. The van der Waals surface area contributed by atoms with Gasteiger partial charge in [-0.1, -0.05) is 24.6 Å². The number of likely N-dealkylation sites (tertiary alicyclic amines) is 1. The minimum atomic E-state index is 0. The van der Waals surface area contributed by atoms with Crippen molar-refractivity contribution in [2.75, 3.05) is 46.9 Å². The van der Waals surface area contributed by atoms with E-state index in [0.717, 1.165) is 37.8 Å². The summed E-state index contributed by atoms with van der Waals surface area (Å²) in [6.45, 7) is 9.78. The fourth-order valence-electron chi connectivity index (χ4n) is 3.49. The first-order chi connectivity index (χ1) is 12.2. The van der Waals surface area contributed by atoms with Gasteiger partial charge in [0.25, 0.3) is 0 Å². The number of nitrogens with one attached hydrogen (secondary N) is 2. The van der Waals surface area contributed by atoms with Crippen molar-refractivity contribution in [3.05, 3.63) is 29.3 Å². The van der Waals surface area contributed by atoms with Crippen LogP contribution in [-0.2, 0) is 6.42 Å². The molecule has 0 saturated carbocycles. The van der Waals surface area contributed by atoms with Crippen LogP contribution in [0.15, 0.2) is 23.2 Å². The van der Waals surface area contributed by atoms with Crippen LogP contribution in [0.25, 0.3) is 0 Å². The molecule has 1 fully saturated rings. The molecule has 5 nitrogen and oxygen atoms in total. The highest BCUT2D eigenvalue weighted by molar-refractivity contribution is 14.0. The summed E-state index contributed by atoms with van der Waals surface area (Å²) in [7, 11) is 3.56. The number of hydrogen-bond donors (Lipinski definition) is 2. The summed E-state index contributed by atoms with van der Waals surface area (Å²) in [5.74, 6) is 2.56. The van der Waals surface area contributed by atoms with Crippen LogP contribution in [0.5, 0.6) is 5.75 Å². The third-order valence-corrected chi connectivity index (χ3v) is 4.95. The van der Waals surface area contributed by atoms with Gasteiger partial charge in [-0.05, 0) is 56.8 Å². The highest BCUT2D eigenvalue weighted by atomic mass is 127. The number of benzene rings is 1. The van der Waals surface area contributed by atoms with Crippen LogP contribution in [0.2, 0.25) is 0 Å². The number of guanidine groups is 1. The SMILES string of the molecule is CCN1CCCC(CNC(=NC)NCCc2cc(C)ccc2OC)C1.I. The zero-order chi connectivity index (χ0) is 18.1. The summed E-state index contributed by atoms with van der Waals surface area (Å²) in [6, 6.07) is 6.32. The molecule has 2 N–H and O–H groups in total. The zero-order valence-corrected chi connectivity index (χ0v) is 19.0. The van der Waals surface area contributed by atoms with Crippen LogP contribution in [-0.4, -0.2) is 57.7 Å². The van der Waals surface area contributed by atoms with Crippen molar-refractivity contribution in [1.29, 1.82) is 0 Å². The van der Waals surface area contributed by atoms with E-state index in [-0.39, 0.29) is 24.0 Å². The fraction of sp³-hybridized carbons (Fsp3) is 0.650. The van der Waals surface area contributed by atoms with Gasteiger partial charge in [0, 0.05) is 26.7 Å². The van der Waals surface area contributed by atoms with Crippen LogP contribution < -0.4 is 15.4 Å². The molecule has 1 aliphatic rings. The average molecular weight is 474 g/mol. The Morgan fingerprint density at radius 2 is 2.15 bits per heavy atom. The maximum atomic E-state index is 5.45. The van der Waals surface area contributed by atoms with E-state index in [0.29, 0.717) is 5.92 Å². The maximum absolute atomic E-state index is 5.45. The molecule has 0 aliphatic carbocycles. The molecule has 1 aromatic rings. The normalized spacial score (nSPS) is 18.2. The summed E-state index contributed by atoms with van der Waals surface area (Å²) in [5, 5.41) is 6.91. The zero-order valence-electron chi connectivity index (χ0n) is 16.7. The molecular formula is C20H35IN4O. The Labute approximate surface area is 176 Å². The first-order valence-corrected chi connectivity index (χ1v) is 9.46. The smallest absolute Gasteiger partial charge is 0.190 e. The lowest BCUT2D eigenvalue weighted by molar-refractivity contribution is 0.183. The molecule has 2 rings (SSSR count). The molecular weight excluding hydrogens is 439 g/mol. The molecule has 0 amide bonds. The van der Waals surface area contributed by atoms with E-state index in [2.05, 4.69) is 46.5 Å². The Kier molecular flexibility index (Phi) is 11.0. The molecule has 1 aromatic carbocycles. The predicted molar refractivity (Wildman–Crippen MR) is 121 cm³/mol. The van der Waals surface area contributed by atoms with Crippen LogP contribution in [0.4, 0.5) is 0 Å². The van der Waals surface area contributed by atoms with Gasteiger partial charge in [-0.2, -0.15) is 0 Å². The van der Waals surface area contributed by atoms with E-state index in [1.165, 1.54) is 37.1 Å². The number of rotatable bonds is 7. The van der Waals surface area contributed by atoms with Gasteiger partial charge in [0.2, 0.25) is 0 Å². The van der Waals surface area contributed by atoms with E-state index < -0.39 is 0 Å². The number of piperidine rings is 1. The summed E-state index contributed by atoms with van der Waals surface area (Å²) < 4.78 is 5.45. The molecule has 148 valence electrons. The number of nitrogens with zero attached hydrogens (tertiary/aromatic N) is 2. The van der Waals surface area contributed by atoms with E-state index in [1.54, 1.807) is 7.11 Å². The van der Waals surface area contributed by atoms with Crippen molar-refractivity contribution in [2.24, 2.45) is 10.9 Å².